The van der Waals surface area contributed by atoms with Gasteiger partial charge in [0.1, 0.15) is 0 Å². The summed E-state index contributed by atoms with van der Waals surface area (Å²) in [6, 6.07) is 5.77. The third-order valence-electron chi connectivity index (χ3n) is 4.57. The van der Waals surface area contributed by atoms with E-state index in [9.17, 15) is 5.11 Å². The largest absolute Gasteiger partial charge is 0.493 e. The van der Waals surface area contributed by atoms with Crippen LogP contribution in [0.15, 0.2) is 18.2 Å². The summed E-state index contributed by atoms with van der Waals surface area (Å²) < 4.78 is 13.0. The molecular weight excluding hydrogens is 354 g/mol. The van der Waals surface area contributed by atoms with Gasteiger partial charge in [-0.05, 0) is 38.0 Å². The minimum Gasteiger partial charge on any atom is -0.493 e. The van der Waals surface area contributed by atoms with E-state index in [0.717, 1.165) is 49.6 Å². The molecule has 1 aliphatic rings. The van der Waals surface area contributed by atoms with Gasteiger partial charge in [0.25, 0.3) is 0 Å². The summed E-state index contributed by atoms with van der Waals surface area (Å²) in [6.07, 6.45) is 0.452. The molecule has 1 aromatic heterocycles. The Kier molecular flexibility index (Phi) is 6.06. The molecule has 1 atom stereocenters. The molecular formula is C19H26ClN3O3. The van der Waals surface area contributed by atoms with E-state index in [1.165, 1.54) is 0 Å². The van der Waals surface area contributed by atoms with Crippen LogP contribution in [0.3, 0.4) is 0 Å². The van der Waals surface area contributed by atoms with Gasteiger partial charge < -0.3 is 14.6 Å². The van der Waals surface area contributed by atoms with Crippen LogP contribution in [0.25, 0.3) is 0 Å². The summed E-state index contributed by atoms with van der Waals surface area (Å²) in [7, 11) is 1.61. The lowest BCUT2D eigenvalue weighted by molar-refractivity contribution is 0.193. The molecule has 0 amide bonds. The molecule has 1 unspecified atom stereocenters. The minimum atomic E-state index is -0.548. The summed E-state index contributed by atoms with van der Waals surface area (Å²) in [6.45, 7) is 7.57. The van der Waals surface area contributed by atoms with Gasteiger partial charge in [0.05, 0.1) is 31.2 Å². The second-order valence-electron chi connectivity index (χ2n) is 6.55. The van der Waals surface area contributed by atoms with Crippen molar-refractivity contribution < 1.29 is 14.6 Å². The van der Waals surface area contributed by atoms with Gasteiger partial charge in [-0.2, -0.15) is 5.10 Å². The molecule has 26 heavy (non-hydrogen) atoms. The van der Waals surface area contributed by atoms with Crippen molar-refractivity contribution >= 4 is 11.6 Å². The number of methoxy groups -OCH3 is 1. The molecule has 7 heteroatoms. The van der Waals surface area contributed by atoms with Crippen molar-refractivity contribution in [2.24, 2.45) is 0 Å². The number of benzene rings is 1. The number of ether oxygens (including phenoxy) is 2. The second-order valence-corrected chi connectivity index (χ2v) is 6.96. The van der Waals surface area contributed by atoms with Crippen LogP contribution in [0.1, 0.15) is 43.3 Å². The third-order valence-corrected chi connectivity index (χ3v) is 4.92. The van der Waals surface area contributed by atoms with Crippen LogP contribution in [-0.4, -0.2) is 40.0 Å². The molecule has 0 saturated carbocycles. The fraction of sp³-hybridized carbons (Fsp3) is 0.526. The lowest BCUT2D eigenvalue weighted by atomic mass is 10.1. The summed E-state index contributed by atoms with van der Waals surface area (Å²) in [5.74, 6) is 1.36. The lowest BCUT2D eigenvalue weighted by Gasteiger charge is -2.21. The first-order chi connectivity index (χ1) is 12.5. The van der Waals surface area contributed by atoms with Crippen molar-refractivity contribution in [2.45, 2.75) is 46.0 Å². The van der Waals surface area contributed by atoms with Crippen molar-refractivity contribution in [3.63, 3.8) is 0 Å². The van der Waals surface area contributed by atoms with E-state index < -0.39 is 6.10 Å². The number of hydrogen-bond acceptors (Lipinski definition) is 5. The predicted octanol–water partition coefficient (Wildman–Crippen LogP) is 3.40. The predicted molar refractivity (Wildman–Crippen MR) is 101 cm³/mol. The molecule has 0 radical (unpaired) electrons. The monoisotopic (exact) mass is 379 g/mol. The van der Waals surface area contributed by atoms with Gasteiger partial charge in [0.15, 0.2) is 11.5 Å². The average molecular weight is 380 g/mol. The van der Waals surface area contributed by atoms with Gasteiger partial charge in [-0.15, -0.1) is 0 Å². The number of rotatable bonds is 6. The Morgan fingerprint density at radius 1 is 1.27 bits per heavy atom. The SMILES string of the molecule is CCOc1cc(CN2CCCn3nc(C(C)O)cc3C2)c(Cl)cc1OC. The standard InChI is InChI=1S/C19H26ClN3O3/c1-4-26-19-8-14(16(20)10-18(19)25-3)11-22-6-5-7-23-15(12-22)9-17(21-23)13(2)24/h8-10,13,24H,4-7,11-12H2,1-3H3. The lowest BCUT2D eigenvalue weighted by Crippen LogP contribution is -2.23. The Labute approximate surface area is 159 Å². The molecule has 3 rings (SSSR count). The highest BCUT2D eigenvalue weighted by atomic mass is 35.5. The maximum Gasteiger partial charge on any atom is 0.162 e. The number of hydrogen-bond donors (Lipinski definition) is 1. The average Bonchev–Trinajstić information content (AvgIpc) is 2.91. The highest BCUT2D eigenvalue weighted by molar-refractivity contribution is 6.31. The normalized spacial score (nSPS) is 16.0. The van der Waals surface area contributed by atoms with E-state index in [2.05, 4.69) is 10.00 Å². The molecule has 0 aliphatic carbocycles. The van der Waals surface area contributed by atoms with Crippen LogP contribution in [0.2, 0.25) is 5.02 Å². The van der Waals surface area contributed by atoms with Crippen LogP contribution in [-0.2, 0) is 19.6 Å². The van der Waals surface area contributed by atoms with Gasteiger partial charge in [-0.3, -0.25) is 9.58 Å². The number of aliphatic hydroxyl groups excluding tert-OH is 1. The van der Waals surface area contributed by atoms with Crippen molar-refractivity contribution in [3.05, 3.63) is 40.2 Å². The molecule has 1 aromatic carbocycles. The zero-order valence-electron chi connectivity index (χ0n) is 15.5. The third kappa shape index (κ3) is 4.14. The molecule has 0 bridgehead atoms. The van der Waals surface area contributed by atoms with Crippen LogP contribution < -0.4 is 9.47 Å². The molecule has 1 N–H and O–H groups in total. The van der Waals surface area contributed by atoms with E-state index >= 15 is 0 Å². The summed E-state index contributed by atoms with van der Waals surface area (Å²) in [5, 5.41) is 15.0. The van der Waals surface area contributed by atoms with Gasteiger partial charge >= 0.3 is 0 Å². The smallest absolute Gasteiger partial charge is 0.162 e. The number of aryl methyl sites for hydroxylation is 1. The molecule has 142 valence electrons. The Morgan fingerprint density at radius 2 is 2.08 bits per heavy atom. The highest BCUT2D eigenvalue weighted by Gasteiger charge is 2.20. The van der Waals surface area contributed by atoms with Crippen LogP contribution in [0.5, 0.6) is 11.5 Å². The minimum absolute atomic E-state index is 0.548. The van der Waals surface area contributed by atoms with Crippen LogP contribution >= 0.6 is 11.6 Å². The zero-order valence-corrected chi connectivity index (χ0v) is 16.3. The van der Waals surface area contributed by atoms with Crippen molar-refractivity contribution in [1.82, 2.24) is 14.7 Å². The first-order valence-corrected chi connectivity index (χ1v) is 9.35. The quantitative estimate of drug-likeness (QED) is 0.833. The van der Waals surface area contributed by atoms with E-state index in [1.807, 2.05) is 29.8 Å². The van der Waals surface area contributed by atoms with Gasteiger partial charge in [-0.25, -0.2) is 0 Å². The molecule has 0 spiro atoms. The molecule has 2 aromatic rings. The van der Waals surface area contributed by atoms with E-state index in [1.54, 1.807) is 14.0 Å². The Morgan fingerprint density at radius 3 is 2.77 bits per heavy atom. The second kappa shape index (κ2) is 8.29. The maximum absolute atomic E-state index is 9.78. The van der Waals surface area contributed by atoms with E-state index in [-0.39, 0.29) is 0 Å². The molecule has 0 saturated heterocycles. The first kappa shape index (κ1) is 19.0. The number of nitrogens with zero attached hydrogens (tertiary/aromatic N) is 3. The Bertz CT molecular complexity index is 761. The Balaban J connectivity index is 1.80. The van der Waals surface area contributed by atoms with Crippen molar-refractivity contribution in [2.75, 3.05) is 20.3 Å². The maximum atomic E-state index is 9.78. The van der Waals surface area contributed by atoms with Gasteiger partial charge in [0, 0.05) is 37.3 Å². The number of halogens is 1. The number of fused-ring (bicyclic) bond motifs is 1. The van der Waals surface area contributed by atoms with Gasteiger partial charge in [-0.1, -0.05) is 11.6 Å². The highest BCUT2D eigenvalue weighted by Crippen LogP contribution is 2.34. The Hall–Kier alpha value is -1.76. The summed E-state index contributed by atoms with van der Waals surface area (Å²) >= 11 is 6.47. The fourth-order valence-corrected chi connectivity index (χ4v) is 3.47. The van der Waals surface area contributed by atoms with E-state index in [0.29, 0.717) is 23.1 Å². The topological polar surface area (TPSA) is 59.8 Å². The number of aromatic nitrogens is 2. The van der Waals surface area contributed by atoms with E-state index in [4.69, 9.17) is 21.1 Å². The van der Waals surface area contributed by atoms with Crippen molar-refractivity contribution in [1.29, 1.82) is 0 Å². The van der Waals surface area contributed by atoms with Crippen LogP contribution in [0.4, 0.5) is 0 Å². The summed E-state index contributed by atoms with van der Waals surface area (Å²) in [4.78, 5) is 2.34. The molecule has 2 heterocycles. The van der Waals surface area contributed by atoms with Crippen LogP contribution in [0, 0.1) is 0 Å². The fourth-order valence-electron chi connectivity index (χ4n) is 3.26. The number of aliphatic hydroxyl groups is 1. The van der Waals surface area contributed by atoms with Crippen molar-refractivity contribution in [3.8, 4) is 11.5 Å². The molecule has 6 nitrogen and oxygen atoms in total. The molecule has 1 aliphatic heterocycles. The molecule has 0 fully saturated rings. The summed E-state index contributed by atoms with van der Waals surface area (Å²) in [5.41, 5.74) is 2.86. The van der Waals surface area contributed by atoms with Gasteiger partial charge in [0.2, 0.25) is 0 Å². The zero-order chi connectivity index (χ0) is 18.7. The first-order valence-electron chi connectivity index (χ1n) is 8.98.